The summed E-state index contributed by atoms with van der Waals surface area (Å²) in [7, 11) is -2.78. The Morgan fingerprint density at radius 1 is 1.12 bits per heavy atom. The number of carbonyl (C=O) groups excluding carboxylic acids is 2. The number of fused-ring (bicyclic) bond motifs is 1. The number of carbonyl (C=O) groups is 2. The summed E-state index contributed by atoms with van der Waals surface area (Å²) in [5, 5.41) is 4.90. The molecule has 0 atom stereocenters. The Bertz CT molecular complexity index is 1780. The van der Waals surface area contributed by atoms with Crippen LogP contribution in [0.1, 0.15) is 59.6 Å². The number of ether oxygens (including phenoxy) is 1. The van der Waals surface area contributed by atoms with Crippen molar-refractivity contribution >= 4 is 44.3 Å². The lowest BCUT2D eigenvalue weighted by Crippen LogP contribution is -2.42. The highest BCUT2D eigenvalue weighted by Gasteiger charge is 2.31. The number of benzene rings is 1. The smallest absolute Gasteiger partial charge is 0.269 e. The van der Waals surface area contributed by atoms with Crippen LogP contribution in [0.2, 0.25) is 5.15 Å². The number of hydrogen-bond acceptors (Lipinski definition) is 7. The van der Waals surface area contributed by atoms with E-state index in [1.54, 1.807) is 29.6 Å². The maximum Gasteiger partial charge on any atom is 0.269 e. The minimum atomic E-state index is -4.31. The highest BCUT2D eigenvalue weighted by molar-refractivity contribution is 7.90. The van der Waals surface area contributed by atoms with E-state index in [-0.39, 0.29) is 39.7 Å². The van der Waals surface area contributed by atoms with E-state index in [1.165, 1.54) is 25.1 Å². The molecule has 11 nitrogen and oxygen atoms in total. The highest BCUT2D eigenvalue weighted by Crippen LogP contribution is 2.44. The van der Waals surface area contributed by atoms with Gasteiger partial charge in [-0.3, -0.25) is 14.3 Å². The lowest BCUT2D eigenvalue weighted by atomic mass is 9.82. The molecule has 228 valence electrons. The largest absolute Gasteiger partial charge is 0.472 e. The molecule has 1 aliphatic carbocycles. The molecule has 1 aromatic carbocycles. The van der Waals surface area contributed by atoms with E-state index < -0.39 is 15.9 Å². The summed E-state index contributed by atoms with van der Waals surface area (Å²) < 4.78 is 42.7. The fraction of sp³-hybridized carbons (Fsp3) is 0.433. The molecule has 0 unspecified atom stereocenters. The van der Waals surface area contributed by atoms with Gasteiger partial charge in [0, 0.05) is 36.7 Å². The van der Waals surface area contributed by atoms with Crippen LogP contribution in [0.4, 0.5) is 0 Å². The van der Waals surface area contributed by atoms with Crippen LogP contribution in [0.3, 0.4) is 0 Å². The molecule has 2 aliphatic rings. The molecule has 43 heavy (non-hydrogen) atoms. The molecule has 1 saturated carbocycles. The molecular weight excluding hydrogens is 594 g/mol. The third-order valence-electron chi connectivity index (χ3n) is 8.43. The van der Waals surface area contributed by atoms with Gasteiger partial charge in [-0.05, 0) is 49.4 Å². The average Bonchev–Trinajstić information content (AvgIpc) is 3.70. The molecule has 4 aromatic rings. The Labute approximate surface area is 254 Å². The summed E-state index contributed by atoms with van der Waals surface area (Å²) in [5.41, 5.74) is 3.87. The van der Waals surface area contributed by atoms with Crippen LogP contribution >= 0.6 is 11.6 Å². The van der Waals surface area contributed by atoms with Crippen LogP contribution in [-0.2, 0) is 33.1 Å². The molecule has 6 rings (SSSR count). The lowest BCUT2D eigenvalue weighted by Gasteiger charge is -2.27. The van der Waals surface area contributed by atoms with E-state index in [1.807, 2.05) is 16.7 Å². The number of furan rings is 1. The Hall–Kier alpha value is -3.61. The van der Waals surface area contributed by atoms with Crippen molar-refractivity contribution in [1.82, 2.24) is 24.0 Å². The molecule has 2 amide bonds. The molecule has 0 bridgehead atoms. The Morgan fingerprint density at radius 2 is 1.86 bits per heavy atom. The number of amides is 2. The van der Waals surface area contributed by atoms with Crippen molar-refractivity contribution in [2.75, 3.05) is 26.3 Å². The van der Waals surface area contributed by atoms with Crippen LogP contribution in [0.15, 0.2) is 46.1 Å². The topological polar surface area (TPSA) is 129 Å². The van der Waals surface area contributed by atoms with Crippen molar-refractivity contribution in [3.05, 3.63) is 58.8 Å². The number of nitrogens with one attached hydrogen (secondary N) is 1. The number of sulfonamides is 1. The maximum absolute atomic E-state index is 13.6. The molecule has 0 radical (unpaired) electrons. The van der Waals surface area contributed by atoms with E-state index in [0.717, 1.165) is 47.9 Å². The number of aromatic nitrogens is 3. The Morgan fingerprint density at radius 3 is 2.51 bits per heavy atom. The predicted molar refractivity (Wildman–Crippen MR) is 160 cm³/mol. The monoisotopic (exact) mass is 627 g/mol. The molecular formula is C30H34ClN5O6S. The lowest BCUT2D eigenvalue weighted by molar-refractivity contribution is -0.135. The van der Waals surface area contributed by atoms with Crippen LogP contribution in [0.5, 0.6) is 0 Å². The van der Waals surface area contributed by atoms with Crippen LogP contribution in [0.25, 0.3) is 22.2 Å². The van der Waals surface area contributed by atoms with Gasteiger partial charge in [0.25, 0.3) is 15.9 Å². The Kier molecular flexibility index (Phi) is 8.10. The zero-order valence-corrected chi connectivity index (χ0v) is 25.7. The fourth-order valence-electron chi connectivity index (χ4n) is 6.39. The van der Waals surface area contributed by atoms with Crippen molar-refractivity contribution in [2.45, 2.75) is 56.4 Å². The van der Waals surface area contributed by atoms with E-state index in [4.69, 9.17) is 20.8 Å². The van der Waals surface area contributed by atoms with Crippen molar-refractivity contribution in [1.29, 1.82) is 0 Å². The van der Waals surface area contributed by atoms with Crippen LogP contribution < -0.4 is 4.72 Å². The van der Waals surface area contributed by atoms with E-state index in [0.29, 0.717) is 31.8 Å². The molecule has 13 heteroatoms. The zero-order chi connectivity index (χ0) is 30.3. The second-order valence-electron chi connectivity index (χ2n) is 11.2. The van der Waals surface area contributed by atoms with Crippen LogP contribution in [-0.4, -0.2) is 65.8 Å². The van der Waals surface area contributed by atoms with E-state index in [2.05, 4.69) is 9.82 Å². The van der Waals surface area contributed by atoms with Gasteiger partial charge < -0.3 is 18.6 Å². The van der Waals surface area contributed by atoms with Gasteiger partial charge in [-0.15, -0.1) is 0 Å². The minimum Gasteiger partial charge on any atom is -0.472 e. The summed E-state index contributed by atoms with van der Waals surface area (Å²) in [4.78, 5) is 28.6. The minimum absolute atomic E-state index is 0.0532. The predicted octanol–water partition coefficient (Wildman–Crippen LogP) is 4.62. The van der Waals surface area contributed by atoms with Gasteiger partial charge >= 0.3 is 0 Å². The van der Waals surface area contributed by atoms with Gasteiger partial charge in [0.1, 0.15) is 16.6 Å². The summed E-state index contributed by atoms with van der Waals surface area (Å²) in [6.07, 6.45) is 8.75. The first-order chi connectivity index (χ1) is 20.7. The van der Waals surface area contributed by atoms with Crippen molar-refractivity contribution in [3.63, 3.8) is 0 Å². The van der Waals surface area contributed by atoms with Gasteiger partial charge in [0.05, 0.1) is 42.6 Å². The molecule has 4 heterocycles. The number of hydrogen-bond donors (Lipinski definition) is 1. The fourth-order valence-corrected chi connectivity index (χ4v) is 8.12. The second-order valence-corrected chi connectivity index (χ2v) is 13.2. The third-order valence-corrected chi connectivity index (χ3v) is 10.5. The summed E-state index contributed by atoms with van der Waals surface area (Å²) >= 11 is 6.20. The van der Waals surface area contributed by atoms with Crippen molar-refractivity contribution in [2.24, 2.45) is 7.05 Å². The molecule has 3 aromatic heterocycles. The molecule has 1 N–H and O–H groups in total. The maximum atomic E-state index is 13.6. The van der Waals surface area contributed by atoms with Crippen molar-refractivity contribution < 1.29 is 27.2 Å². The zero-order valence-electron chi connectivity index (χ0n) is 24.1. The first kappa shape index (κ1) is 29.5. The highest BCUT2D eigenvalue weighted by atomic mass is 35.5. The normalized spacial score (nSPS) is 16.6. The van der Waals surface area contributed by atoms with Crippen LogP contribution in [0, 0.1) is 6.92 Å². The number of aryl methyl sites for hydroxylation is 2. The summed E-state index contributed by atoms with van der Waals surface area (Å²) in [6, 6.07) is 7.05. The number of morpholine rings is 1. The van der Waals surface area contributed by atoms with E-state index in [9.17, 15) is 18.0 Å². The molecule has 0 spiro atoms. The standard InChI is InChI=1S/C30H34ClN5O6S/c1-19-28(29(31)34(2)32-19)43(39,40)33-30(38)21-8-9-23-24(16-21)36(17-25(37)35-11-14-41-15-12-35)27(22-10-13-42-18-22)26(23)20-6-4-3-5-7-20/h8-10,13,16,18,20H,3-7,11-12,14-15,17H2,1-2H3,(H,33,38). The van der Waals surface area contributed by atoms with Gasteiger partial charge in [-0.25, -0.2) is 13.1 Å². The summed E-state index contributed by atoms with van der Waals surface area (Å²) in [6.45, 7) is 3.56. The number of nitrogens with zero attached hydrogens (tertiary/aromatic N) is 4. The quantitative estimate of drug-likeness (QED) is 0.317. The first-order valence-corrected chi connectivity index (χ1v) is 16.3. The van der Waals surface area contributed by atoms with Gasteiger partial charge in [-0.2, -0.15) is 5.10 Å². The van der Waals surface area contributed by atoms with Gasteiger partial charge in [0.2, 0.25) is 5.91 Å². The number of rotatable bonds is 7. The Balaban J connectivity index is 1.46. The second kappa shape index (κ2) is 11.8. The molecule has 1 saturated heterocycles. The SMILES string of the molecule is Cc1nn(C)c(Cl)c1S(=O)(=O)NC(=O)c1ccc2c(C3CCCCC3)c(-c3ccoc3)n(CC(=O)N3CCOCC3)c2c1. The summed E-state index contributed by atoms with van der Waals surface area (Å²) in [5.74, 6) is -0.589. The van der Waals surface area contributed by atoms with E-state index >= 15 is 0 Å². The third kappa shape index (κ3) is 5.59. The molecule has 2 fully saturated rings. The number of halogens is 1. The first-order valence-electron chi connectivity index (χ1n) is 14.5. The van der Waals surface area contributed by atoms with Gasteiger partial charge in [-0.1, -0.05) is 36.9 Å². The van der Waals surface area contributed by atoms with Crippen molar-refractivity contribution in [3.8, 4) is 11.3 Å². The molecule has 1 aliphatic heterocycles. The van der Waals surface area contributed by atoms with Gasteiger partial charge in [0.15, 0.2) is 0 Å². The average molecular weight is 628 g/mol.